The van der Waals surface area contributed by atoms with Crippen LogP contribution in [0.3, 0.4) is 0 Å². The van der Waals surface area contributed by atoms with Gasteiger partial charge in [0.1, 0.15) is 5.75 Å². The summed E-state index contributed by atoms with van der Waals surface area (Å²) in [7, 11) is 1.60. The highest BCUT2D eigenvalue weighted by Crippen LogP contribution is 2.34. The lowest BCUT2D eigenvalue weighted by Gasteiger charge is -2.44. The van der Waals surface area contributed by atoms with Crippen LogP contribution in [0.4, 0.5) is 4.79 Å². The summed E-state index contributed by atoms with van der Waals surface area (Å²) in [6.45, 7) is 0.383. The van der Waals surface area contributed by atoms with Crippen molar-refractivity contribution in [3.8, 4) is 5.75 Å². The van der Waals surface area contributed by atoms with E-state index < -0.39 is 11.9 Å². The number of hydrogen-bond donors (Lipinski definition) is 1. The predicted molar refractivity (Wildman–Crippen MR) is 78.3 cm³/mol. The molecule has 1 aromatic carbocycles. The molecule has 3 rings (SSSR count). The van der Waals surface area contributed by atoms with Gasteiger partial charge in [-0.2, -0.15) is 0 Å². The third-order valence-corrected chi connectivity index (χ3v) is 4.59. The van der Waals surface area contributed by atoms with E-state index in [1.165, 1.54) is 0 Å². The van der Waals surface area contributed by atoms with E-state index in [0.29, 0.717) is 6.54 Å². The Morgan fingerprint density at radius 2 is 1.86 bits per heavy atom. The molecule has 6 nitrogen and oxygen atoms in total. The summed E-state index contributed by atoms with van der Waals surface area (Å²) >= 11 is 0. The van der Waals surface area contributed by atoms with Gasteiger partial charge in [0.2, 0.25) is 0 Å². The Hall–Kier alpha value is -2.08. The Morgan fingerprint density at radius 1 is 1.18 bits per heavy atom. The van der Waals surface area contributed by atoms with E-state index in [9.17, 15) is 14.8 Å². The Bertz CT molecular complexity index is 572. The van der Waals surface area contributed by atoms with E-state index in [2.05, 4.69) is 0 Å². The van der Waals surface area contributed by atoms with Crippen molar-refractivity contribution in [1.82, 2.24) is 9.96 Å². The van der Waals surface area contributed by atoms with Crippen LogP contribution in [0.2, 0.25) is 0 Å². The molecule has 6 heteroatoms. The van der Waals surface area contributed by atoms with Gasteiger partial charge in [0.05, 0.1) is 13.0 Å². The Morgan fingerprint density at radius 3 is 2.55 bits per heavy atom. The molecule has 1 aliphatic heterocycles. The van der Waals surface area contributed by atoms with E-state index in [4.69, 9.17) is 4.74 Å². The first-order valence-electron chi connectivity index (χ1n) is 7.58. The molecule has 0 radical (unpaired) electrons. The summed E-state index contributed by atoms with van der Waals surface area (Å²) in [5.41, 5.74) is 0.946. The van der Waals surface area contributed by atoms with E-state index in [-0.39, 0.29) is 17.0 Å². The van der Waals surface area contributed by atoms with Crippen molar-refractivity contribution < 1.29 is 19.5 Å². The molecule has 1 heterocycles. The minimum atomic E-state index is -0.621. The van der Waals surface area contributed by atoms with Crippen molar-refractivity contribution in [2.75, 3.05) is 7.11 Å². The van der Waals surface area contributed by atoms with Gasteiger partial charge < -0.3 is 9.64 Å². The Labute approximate surface area is 129 Å². The van der Waals surface area contributed by atoms with Gasteiger partial charge in [0, 0.05) is 12.6 Å². The zero-order valence-corrected chi connectivity index (χ0v) is 12.6. The van der Waals surface area contributed by atoms with Crippen LogP contribution in [-0.4, -0.2) is 40.3 Å². The van der Waals surface area contributed by atoms with Gasteiger partial charge in [0.25, 0.3) is 5.91 Å². The molecule has 1 aliphatic carbocycles. The van der Waals surface area contributed by atoms with Gasteiger partial charge in [-0.05, 0) is 30.5 Å². The lowest BCUT2D eigenvalue weighted by Crippen LogP contribution is -2.61. The van der Waals surface area contributed by atoms with Crippen molar-refractivity contribution in [3.05, 3.63) is 29.8 Å². The minimum absolute atomic E-state index is 0.112. The zero-order valence-electron chi connectivity index (χ0n) is 12.6. The van der Waals surface area contributed by atoms with Crippen molar-refractivity contribution in [2.24, 2.45) is 5.92 Å². The number of urea groups is 1. The zero-order chi connectivity index (χ0) is 15.7. The molecule has 1 saturated carbocycles. The molecule has 2 unspecified atom stereocenters. The molecule has 3 amide bonds. The molecule has 2 fully saturated rings. The lowest BCUT2D eigenvalue weighted by atomic mass is 9.81. The third-order valence-electron chi connectivity index (χ3n) is 4.59. The van der Waals surface area contributed by atoms with E-state index in [1.807, 2.05) is 24.3 Å². The molecule has 2 atom stereocenters. The number of carbonyl (C=O) groups is 2. The lowest BCUT2D eigenvalue weighted by molar-refractivity contribution is -0.171. The molecule has 118 valence electrons. The summed E-state index contributed by atoms with van der Waals surface area (Å²) < 4.78 is 5.12. The maximum atomic E-state index is 12.3. The van der Waals surface area contributed by atoms with Crippen LogP contribution in [0.15, 0.2) is 24.3 Å². The van der Waals surface area contributed by atoms with E-state index >= 15 is 0 Å². The number of fused-ring (bicyclic) bond motifs is 1. The van der Waals surface area contributed by atoms with Gasteiger partial charge in [-0.25, -0.2) is 4.79 Å². The maximum Gasteiger partial charge on any atom is 0.351 e. The topological polar surface area (TPSA) is 70.1 Å². The van der Waals surface area contributed by atoms with Crippen LogP contribution in [0.5, 0.6) is 5.75 Å². The number of carbonyl (C=O) groups excluding carboxylic acids is 2. The second-order valence-electron chi connectivity index (χ2n) is 5.87. The monoisotopic (exact) mass is 304 g/mol. The van der Waals surface area contributed by atoms with Crippen LogP contribution < -0.4 is 4.74 Å². The van der Waals surface area contributed by atoms with Crippen LogP contribution in [0, 0.1) is 5.92 Å². The third kappa shape index (κ3) is 2.54. The highest BCUT2D eigenvalue weighted by molar-refractivity contribution is 5.97. The molecule has 0 spiro atoms. The average Bonchev–Trinajstić information content (AvgIpc) is 2.57. The molecule has 0 bridgehead atoms. The first-order chi connectivity index (χ1) is 10.6. The molecule has 0 aromatic heterocycles. The standard InChI is InChI=1S/C16H20N2O4/c1-22-12-8-6-11(7-9-12)10-17-14-5-3-2-4-13(14)15(19)18(21)16(17)20/h6-9,13-14,21H,2-5,10H2,1H3. The molecule has 2 aliphatic rings. The smallest absolute Gasteiger partial charge is 0.351 e. The molecular formula is C16H20N2O4. The highest BCUT2D eigenvalue weighted by Gasteiger charge is 2.46. The second-order valence-corrected chi connectivity index (χ2v) is 5.87. The number of rotatable bonds is 3. The summed E-state index contributed by atoms with van der Waals surface area (Å²) in [6.07, 6.45) is 3.51. The number of benzene rings is 1. The van der Waals surface area contributed by atoms with Gasteiger partial charge in [0.15, 0.2) is 0 Å². The fourth-order valence-corrected chi connectivity index (χ4v) is 3.40. The molecule has 1 aromatic rings. The van der Waals surface area contributed by atoms with E-state index in [0.717, 1.165) is 37.0 Å². The highest BCUT2D eigenvalue weighted by atomic mass is 16.5. The van der Waals surface area contributed by atoms with Crippen molar-refractivity contribution in [2.45, 2.75) is 38.3 Å². The van der Waals surface area contributed by atoms with Crippen LogP contribution in [0.25, 0.3) is 0 Å². The maximum absolute atomic E-state index is 12.3. The molecule has 1 saturated heterocycles. The van der Waals surface area contributed by atoms with Gasteiger partial charge >= 0.3 is 6.03 Å². The van der Waals surface area contributed by atoms with Gasteiger partial charge in [-0.3, -0.25) is 10.0 Å². The van der Waals surface area contributed by atoms with Crippen molar-refractivity contribution in [3.63, 3.8) is 0 Å². The number of nitrogens with zero attached hydrogens (tertiary/aromatic N) is 2. The van der Waals surface area contributed by atoms with Gasteiger partial charge in [-0.15, -0.1) is 5.06 Å². The molecule has 1 N–H and O–H groups in total. The molecule has 22 heavy (non-hydrogen) atoms. The van der Waals surface area contributed by atoms with Gasteiger partial charge in [-0.1, -0.05) is 25.0 Å². The fraction of sp³-hybridized carbons (Fsp3) is 0.500. The predicted octanol–water partition coefficient (Wildman–Crippen LogP) is 2.41. The Balaban J connectivity index is 1.82. The second kappa shape index (κ2) is 5.96. The number of methoxy groups -OCH3 is 1. The molecular weight excluding hydrogens is 284 g/mol. The summed E-state index contributed by atoms with van der Waals surface area (Å²) in [5, 5.41) is 10.1. The average molecular weight is 304 g/mol. The largest absolute Gasteiger partial charge is 0.497 e. The van der Waals surface area contributed by atoms with Crippen LogP contribution in [0.1, 0.15) is 31.2 Å². The number of amides is 3. The summed E-state index contributed by atoms with van der Waals surface area (Å²) in [4.78, 5) is 26.0. The van der Waals surface area contributed by atoms with Crippen LogP contribution >= 0.6 is 0 Å². The number of ether oxygens (including phenoxy) is 1. The minimum Gasteiger partial charge on any atom is -0.497 e. The van der Waals surface area contributed by atoms with E-state index in [1.54, 1.807) is 12.0 Å². The normalized spacial score (nSPS) is 25.2. The van der Waals surface area contributed by atoms with Crippen LogP contribution in [-0.2, 0) is 11.3 Å². The van der Waals surface area contributed by atoms with Crippen molar-refractivity contribution in [1.29, 1.82) is 0 Å². The van der Waals surface area contributed by atoms with Crippen molar-refractivity contribution >= 4 is 11.9 Å². The summed E-state index contributed by atoms with van der Waals surface area (Å²) in [6, 6.07) is 6.72. The fourth-order valence-electron chi connectivity index (χ4n) is 3.40. The number of imide groups is 1. The first kappa shape index (κ1) is 14.8. The first-order valence-corrected chi connectivity index (χ1v) is 7.58. The quantitative estimate of drug-likeness (QED) is 0.871. The number of hydroxylamine groups is 2. The SMILES string of the molecule is COc1ccc(CN2C(=O)N(O)C(=O)C3CCCCC32)cc1. The summed E-state index contributed by atoms with van der Waals surface area (Å²) in [5.74, 6) is 0.0126. The Kier molecular flexibility index (Phi) is 4.02. The number of hydrogen-bond acceptors (Lipinski definition) is 4.